The zero-order chi connectivity index (χ0) is 26.1. The molecule has 8 heteroatoms. The Morgan fingerprint density at radius 3 is 2.31 bits per heavy atom. The largest absolute Gasteiger partial charge is 0.507 e. The van der Waals surface area contributed by atoms with Crippen molar-refractivity contribution in [3.05, 3.63) is 86.9 Å². The number of aliphatic hydroxyl groups excluding tert-OH is 1. The molecule has 36 heavy (non-hydrogen) atoms. The van der Waals surface area contributed by atoms with Crippen molar-refractivity contribution in [3.8, 4) is 0 Å². The first-order valence-electron chi connectivity index (χ1n) is 11.8. The average Bonchev–Trinajstić information content (AvgIpc) is 3.36. The number of ketones is 1. The lowest BCUT2D eigenvalue weighted by molar-refractivity contribution is -0.132. The summed E-state index contributed by atoms with van der Waals surface area (Å²) in [6, 6.07) is 13.8. The van der Waals surface area contributed by atoms with E-state index in [4.69, 9.17) is 4.74 Å². The summed E-state index contributed by atoms with van der Waals surface area (Å²) in [6.07, 6.45) is 0. The third-order valence-corrected chi connectivity index (χ3v) is 7.28. The molecule has 2 aromatic carbocycles. The summed E-state index contributed by atoms with van der Waals surface area (Å²) >= 11 is 0.992. The highest BCUT2D eigenvalue weighted by atomic mass is 32.1. The van der Waals surface area contributed by atoms with Crippen LogP contribution in [-0.2, 0) is 14.3 Å². The topological polar surface area (TPSA) is 96.8 Å². The van der Waals surface area contributed by atoms with Gasteiger partial charge in [0.1, 0.15) is 10.6 Å². The molecule has 0 spiro atoms. The van der Waals surface area contributed by atoms with Crippen LogP contribution in [0.2, 0.25) is 0 Å². The first kappa shape index (κ1) is 25.3. The third kappa shape index (κ3) is 4.56. The molecule has 4 rings (SSSR count). The lowest BCUT2D eigenvalue weighted by Crippen LogP contribution is -2.29. The van der Waals surface area contributed by atoms with Gasteiger partial charge in [0.2, 0.25) is 0 Å². The van der Waals surface area contributed by atoms with Crippen LogP contribution in [0.3, 0.4) is 0 Å². The van der Waals surface area contributed by atoms with Crippen LogP contribution in [0.4, 0.5) is 5.13 Å². The van der Waals surface area contributed by atoms with Crippen LogP contribution in [-0.4, -0.2) is 34.4 Å². The molecule has 1 amide bonds. The Bertz CT molecular complexity index is 1350. The van der Waals surface area contributed by atoms with Gasteiger partial charge < -0.3 is 9.84 Å². The molecule has 186 valence electrons. The van der Waals surface area contributed by atoms with Gasteiger partial charge in [0.05, 0.1) is 23.9 Å². The quantitative estimate of drug-likeness (QED) is 0.201. The molecular weight excluding hydrogens is 476 g/mol. The van der Waals surface area contributed by atoms with E-state index < -0.39 is 23.7 Å². The molecule has 7 nitrogen and oxygen atoms in total. The Labute approximate surface area is 214 Å². The molecule has 1 saturated heterocycles. The summed E-state index contributed by atoms with van der Waals surface area (Å²) in [5, 5.41) is 11.4. The number of aromatic nitrogens is 1. The molecule has 1 atom stereocenters. The maximum absolute atomic E-state index is 13.4. The van der Waals surface area contributed by atoms with Crippen LogP contribution >= 0.6 is 11.3 Å². The van der Waals surface area contributed by atoms with Gasteiger partial charge in [-0.3, -0.25) is 14.5 Å². The Morgan fingerprint density at radius 2 is 1.72 bits per heavy atom. The molecule has 0 bridgehead atoms. The zero-order valence-corrected chi connectivity index (χ0v) is 21.7. The number of thiazole rings is 1. The molecule has 1 aromatic heterocycles. The van der Waals surface area contributed by atoms with Gasteiger partial charge in [-0.25, -0.2) is 9.78 Å². The summed E-state index contributed by atoms with van der Waals surface area (Å²) in [5.74, 6) is -2.12. The molecule has 0 saturated carbocycles. The standard InChI is InChI=1S/C28H28N2O5S/c1-6-35-27(34)25-17(5)29-28(36-25)30-22(19-13-11-18(12-14-19)15(2)3)21(24(32)26(30)33)23(31)20-9-7-16(4)8-10-20/h7-15,22,31H,6H2,1-5H3. The van der Waals surface area contributed by atoms with Crippen molar-refractivity contribution in [1.82, 2.24) is 4.98 Å². The van der Waals surface area contributed by atoms with E-state index in [2.05, 4.69) is 18.8 Å². The van der Waals surface area contributed by atoms with Crippen molar-refractivity contribution in [2.24, 2.45) is 0 Å². The number of rotatable bonds is 6. The average molecular weight is 505 g/mol. The number of esters is 1. The van der Waals surface area contributed by atoms with Gasteiger partial charge in [0.15, 0.2) is 5.13 Å². The first-order valence-corrected chi connectivity index (χ1v) is 12.6. The van der Waals surface area contributed by atoms with Gasteiger partial charge in [-0.1, -0.05) is 79.3 Å². The second-order valence-electron chi connectivity index (χ2n) is 8.99. The van der Waals surface area contributed by atoms with E-state index in [9.17, 15) is 19.5 Å². The van der Waals surface area contributed by atoms with E-state index in [1.54, 1.807) is 26.0 Å². The predicted octanol–water partition coefficient (Wildman–Crippen LogP) is 5.69. The fourth-order valence-corrected chi connectivity index (χ4v) is 5.13. The number of Topliss-reactive ketones (excluding diaryl/α,β-unsaturated/α-hetero) is 1. The van der Waals surface area contributed by atoms with E-state index in [0.717, 1.165) is 22.5 Å². The number of hydrogen-bond donors (Lipinski definition) is 1. The number of nitrogens with zero attached hydrogens (tertiary/aromatic N) is 2. The molecule has 1 aliphatic heterocycles. The van der Waals surface area contributed by atoms with Gasteiger partial charge in [0.25, 0.3) is 5.78 Å². The monoisotopic (exact) mass is 504 g/mol. The van der Waals surface area contributed by atoms with Gasteiger partial charge in [-0.15, -0.1) is 0 Å². The maximum Gasteiger partial charge on any atom is 0.350 e. The van der Waals surface area contributed by atoms with Crippen LogP contribution in [0.5, 0.6) is 0 Å². The highest BCUT2D eigenvalue weighted by Crippen LogP contribution is 2.44. The summed E-state index contributed by atoms with van der Waals surface area (Å²) in [7, 11) is 0. The number of benzene rings is 2. The summed E-state index contributed by atoms with van der Waals surface area (Å²) in [4.78, 5) is 45.1. The minimum Gasteiger partial charge on any atom is -0.507 e. The normalized spacial score (nSPS) is 17.2. The number of aryl methyl sites for hydroxylation is 2. The Kier molecular flexibility index (Phi) is 7.08. The van der Waals surface area contributed by atoms with Crippen molar-refractivity contribution in [1.29, 1.82) is 0 Å². The summed E-state index contributed by atoms with van der Waals surface area (Å²) in [5.41, 5.74) is 3.57. The third-order valence-electron chi connectivity index (χ3n) is 6.14. The molecule has 0 radical (unpaired) electrons. The van der Waals surface area contributed by atoms with Crippen molar-refractivity contribution >= 4 is 39.9 Å². The number of anilines is 1. The molecule has 1 fully saturated rings. The molecule has 1 aliphatic rings. The number of carbonyl (C=O) groups is 3. The van der Waals surface area contributed by atoms with Crippen LogP contribution in [0, 0.1) is 13.8 Å². The fourth-order valence-electron chi connectivity index (χ4n) is 4.15. The lowest BCUT2D eigenvalue weighted by Gasteiger charge is -2.23. The van der Waals surface area contributed by atoms with Crippen molar-refractivity contribution in [2.75, 3.05) is 11.5 Å². The highest BCUT2D eigenvalue weighted by Gasteiger charge is 2.48. The van der Waals surface area contributed by atoms with Gasteiger partial charge in [-0.05, 0) is 37.8 Å². The van der Waals surface area contributed by atoms with E-state index in [1.807, 2.05) is 43.3 Å². The maximum atomic E-state index is 13.4. The van der Waals surface area contributed by atoms with E-state index in [0.29, 0.717) is 22.7 Å². The molecular formula is C28H28N2O5S. The minimum absolute atomic E-state index is 0.0216. The smallest absolute Gasteiger partial charge is 0.350 e. The Hall–Kier alpha value is -3.78. The Morgan fingerprint density at radius 1 is 1.08 bits per heavy atom. The minimum atomic E-state index is -0.909. The van der Waals surface area contributed by atoms with Crippen molar-refractivity contribution in [3.63, 3.8) is 0 Å². The summed E-state index contributed by atoms with van der Waals surface area (Å²) in [6.45, 7) is 9.64. The Balaban J connectivity index is 1.90. The van der Waals surface area contributed by atoms with Crippen LogP contribution in [0.25, 0.3) is 5.76 Å². The highest BCUT2D eigenvalue weighted by molar-refractivity contribution is 7.17. The van der Waals surface area contributed by atoms with Crippen molar-refractivity contribution < 1.29 is 24.2 Å². The van der Waals surface area contributed by atoms with Gasteiger partial charge in [-0.2, -0.15) is 0 Å². The van der Waals surface area contributed by atoms with E-state index in [-0.39, 0.29) is 27.9 Å². The first-order chi connectivity index (χ1) is 17.1. The summed E-state index contributed by atoms with van der Waals surface area (Å²) < 4.78 is 5.12. The van der Waals surface area contributed by atoms with E-state index >= 15 is 0 Å². The molecule has 1 unspecified atom stereocenters. The predicted molar refractivity (Wildman–Crippen MR) is 139 cm³/mol. The van der Waals surface area contributed by atoms with E-state index in [1.165, 1.54) is 4.90 Å². The molecule has 0 aliphatic carbocycles. The number of carbonyl (C=O) groups excluding carboxylic acids is 3. The number of ether oxygens (including phenoxy) is 1. The second kappa shape index (κ2) is 10.1. The van der Waals surface area contributed by atoms with Crippen molar-refractivity contribution in [2.45, 2.75) is 46.6 Å². The molecule has 3 aromatic rings. The molecule has 1 N–H and O–H groups in total. The van der Waals surface area contributed by atoms with Gasteiger partial charge in [0, 0.05) is 5.56 Å². The number of aliphatic hydroxyl groups is 1. The second-order valence-corrected chi connectivity index (χ2v) is 9.97. The number of amides is 1. The number of hydrogen-bond acceptors (Lipinski definition) is 7. The molecule has 2 heterocycles. The lowest BCUT2D eigenvalue weighted by atomic mass is 9.93. The fraction of sp³-hybridized carbons (Fsp3) is 0.286. The SMILES string of the molecule is CCOC(=O)c1sc(N2C(=O)C(=O)C(=C(O)c3ccc(C)cc3)C2c2ccc(C(C)C)cc2)nc1C. The zero-order valence-electron chi connectivity index (χ0n) is 20.9. The van der Waals surface area contributed by atoms with Crippen LogP contribution < -0.4 is 4.90 Å². The van der Waals surface area contributed by atoms with Crippen LogP contribution in [0.1, 0.15) is 70.4 Å². The van der Waals surface area contributed by atoms with Gasteiger partial charge >= 0.3 is 11.9 Å². The van der Waals surface area contributed by atoms with Crippen LogP contribution in [0.15, 0.2) is 54.1 Å².